The first-order valence-electron chi connectivity index (χ1n) is 19.0. The molecule has 262 valence electrons. The van der Waals surface area contributed by atoms with E-state index < -0.39 is 0 Å². The lowest BCUT2D eigenvalue weighted by Crippen LogP contribution is -2.12. The minimum Gasteiger partial charge on any atom is -0.456 e. The quantitative estimate of drug-likeness (QED) is 0.176. The van der Waals surface area contributed by atoms with E-state index in [4.69, 9.17) is 4.42 Å². The van der Waals surface area contributed by atoms with Gasteiger partial charge >= 0.3 is 0 Å². The Morgan fingerprint density at radius 2 is 1.05 bits per heavy atom. The highest BCUT2D eigenvalue weighted by Gasteiger charge is 2.24. The second-order valence-electron chi connectivity index (χ2n) is 14.5. The van der Waals surface area contributed by atoms with Crippen LogP contribution in [0.25, 0.3) is 91.5 Å². The topological polar surface area (TPSA) is 21.3 Å². The molecule has 0 aliphatic rings. The Morgan fingerprint density at radius 1 is 0.429 bits per heavy atom. The van der Waals surface area contributed by atoms with Crippen molar-refractivity contribution in [2.75, 3.05) is 4.90 Å². The predicted molar refractivity (Wildman–Crippen MR) is 239 cm³/mol. The standard InChI is InChI=1S/C52H32N2OS/c1-2-15-34-31-49-43(30-33(34)14-1)51-41(22-13-28-48(51)55-49)39-20-5-9-26-46(39)54(47-27-12-23-42-40-21-6-10-29-50(40)56-52(42)47)36-17-11-16-35(32-36)53-44-24-7-3-18-37(44)38-19-4-8-25-45(38)53/h1-32H. The highest BCUT2D eigenvalue weighted by Crippen LogP contribution is 2.49. The van der Waals surface area contributed by atoms with Crippen molar-refractivity contribution in [2.24, 2.45) is 0 Å². The number of nitrogens with zero attached hydrogens (tertiary/aromatic N) is 2. The number of hydrogen-bond acceptors (Lipinski definition) is 3. The Balaban J connectivity index is 1.15. The Hall–Kier alpha value is -7.14. The minimum atomic E-state index is 0.883. The third-order valence-corrected chi connectivity index (χ3v) is 12.6. The molecule has 0 atom stereocenters. The molecule has 0 saturated heterocycles. The van der Waals surface area contributed by atoms with E-state index in [1.807, 2.05) is 11.3 Å². The molecule has 0 spiro atoms. The number of hydrogen-bond donors (Lipinski definition) is 0. The number of furan rings is 1. The van der Waals surface area contributed by atoms with Crippen LogP contribution in [0.15, 0.2) is 199 Å². The molecule has 0 unspecified atom stereocenters. The first kappa shape index (κ1) is 31.2. The van der Waals surface area contributed by atoms with E-state index >= 15 is 0 Å². The number of rotatable bonds is 5. The van der Waals surface area contributed by atoms with Gasteiger partial charge in [0.15, 0.2) is 0 Å². The summed E-state index contributed by atoms with van der Waals surface area (Å²) >= 11 is 1.86. The van der Waals surface area contributed by atoms with Gasteiger partial charge in [-0.25, -0.2) is 0 Å². The van der Waals surface area contributed by atoms with Crippen molar-refractivity contribution in [3.63, 3.8) is 0 Å². The minimum absolute atomic E-state index is 0.883. The van der Waals surface area contributed by atoms with Gasteiger partial charge in [-0.05, 0) is 83.1 Å². The van der Waals surface area contributed by atoms with E-state index in [1.54, 1.807) is 0 Å². The molecule has 9 aromatic carbocycles. The summed E-state index contributed by atoms with van der Waals surface area (Å²) in [6, 6.07) is 70.3. The summed E-state index contributed by atoms with van der Waals surface area (Å²) in [5, 5.41) is 9.66. The lowest BCUT2D eigenvalue weighted by molar-refractivity contribution is 0.669. The van der Waals surface area contributed by atoms with Crippen LogP contribution in [0.4, 0.5) is 17.1 Å². The molecule has 0 saturated carbocycles. The molecule has 0 aliphatic carbocycles. The highest BCUT2D eigenvalue weighted by molar-refractivity contribution is 7.26. The van der Waals surface area contributed by atoms with Gasteiger partial charge in [-0.1, -0.05) is 127 Å². The Labute approximate surface area is 326 Å². The molecule has 0 radical (unpaired) electrons. The van der Waals surface area contributed by atoms with Crippen LogP contribution in [0.1, 0.15) is 0 Å². The van der Waals surface area contributed by atoms with Gasteiger partial charge in [0, 0.05) is 54.0 Å². The SMILES string of the molecule is c1cc(N(c2ccccc2-c2cccc3oc4cc5ccccc5cc4c23)c2cccc3c2sc2ccccc23)cc(-n2c3ccccc3c3ccccc32)c1. The van der Waals surface area contributed by atoms with Crippen molar-refractivity contribution in [3.8, 4) is 16.8 Å². The van der Waals surface area contributed by atoms with Crippen LogP contribution in [0.3, 0.4) is 0 Å². The first-order chi connectivity index (χ1) is 27.8. The maximum absolute atomic E-state index is 6.60. The van der Waals surface area contributed by atoms with Gasteiger partial charge in [0.05, 0.1) is 27.1 Å². The van der Waals surface area contributed by atoms with Crippen molar-refractivity contribution in [1.82, 2.24) is 4.57 Å². The van der Waals surface area contributed by atoms with E-state index in [1.165, 1.54) is 52.8 Å². The lowest BCUT2D eigenvalue weighted by atomic mass is 9.96. The van der Waals surface area contributed by atoms with Crippen LogP contribution in [-0.2, 0) is 0 Å². The number of para-hydroxylation sites is 3. The summed E-state index contributed by atoms with van der Waals surface area (Å²) in [5.41, 5.74) is 10.9. The zero-order valence-corrected chi connectivity index (χ0v) is 31.0. The summed E-state index contributed by atoms with van der Waals surface area (Å²) in [4.78, 5) is 2.47. The average Bonchev–Trinajstić information content (AvgIpc) is 3.93. The smallest absolute Gasteiger partial charge is 0.136 e. The van der Waals surface area contributed by atoms with Crippen molar-refractivity contribution < 1.29 is 4.42 Å². The van der Waals surface area contributed by atoms with Crippen molar-refractivity contribution >= 4 is 103 Å². The van der Waals surface area contributed by atoms with E-state index in [-0.39, 0.29) is 0 Å². The average molecular weight is 733 g/mol. The largest absolute Gasteiger partial charge is 0.456 e. The van der Waals surface area contributed by atoms with Crippen molar-refractivity contribution in [2.45, 2.75) is 0 Å². The molecule has 0 bridgehead atoms. The summed E-state index contributed by atoms with van der Waals surface area (Å²) in [7, 11) is 0. The normalized spacial score (nSPS) is 11.9. The van der Waals surface area contributed by atoms with E-state index in [0.717, 1.165) is 55.8 Å². The molecule has 0 amide bonds. The Kier molecular flexibility index (Phi) is 6.80. The van der Waals surface area contributed by atoms with Crippen LogP contribution in [-0.4, -0.2) is 4.57 Å². The van der Waals surface area contributed by atoms with Crippen molar-refractivity contribution in [1.29, 1.82) is 0 Å². The fourth-order valence-electron chi connectivity index (χ4n) is 8.92. The number of aromatic nitrogens is 1. The fourth-order valence-corrected chi connectivity index (χ4v) is 10.1. The van der Waals surface area contributed by atoms with Crippen LogP contribution >= 0.6 is 11.3 Å². The molecular weight excluding hydrogens is 701 g/mol. The molecule has 56 heavy (non-hydrogen) atoms. The fraction of sp³-hybridized carbons (Fsp3) is 0. The number of thiophene rings is 1. The van der Waals surface area contributed by atoms with Gasteiger partial charge in [0.25, 0.3) is 0 Å². The van der Waals surface area contributed by atoms with Crippen LogP contribution in [0, 0.1) is 0 Å². The van der Waals surface area contributed by atoms with Crippen LogP contribution in [0.5, 0.6) is 0 Å². The molecular formula is C52H32N2OS. The molecule has 12 rings (SSSR count). The van der Waals surface area contributed by atoms with Gasteiger partial charge in [-0.3, -0.25) is 0 Å². The third kappa shape index (κ3) is 4.63. The van der Waals surface area contributed by atoms with E-state index in [2.05, 4.69) is 204 Å². The summed E-state index contributed by atoms with van der Waals surface area (Å²) < 4.78 is 11.5. The van der Waals surface area contributed by atoms with Crippen molar-refractivity contribution in [3.05, 3.63) is 194 Å². The molecule has 3 nitrogen and oxygen atoms in total. The molecule has 0 aliphatic heterocycles. The van der Waals surface area contributed by atoms with Gasteiger partial charge in [-0.15, -0.1) is 11.3 Å². The summed E-state index contributed by atoms with van der Waals surface area (Å²) in [5.74, 6) is 0. The molecule has 12 aromatic rings. The monoisotopic (exact) mass is 732 g/mol. The molecule has 3 aromatic heterocycles. The predicted octanol–water partition coefficient (Wildman–Crippen LogP) is 15.3. The molecule has 4 heteroatoms. The maximum Gasteiger partial charge on any atom is 0.136 e. The summed E-state index contributed by atoms with van der Waals surface area (Å²) in [6.07, 6.45) is 0. The van der Waals surface area contributed by atoms with Gasteiger partial charge in [-0.2, -0.15) is 0 Å². The highest BCUT2D eigenvalue weighted by atomic mass is 32.1. The molecule has 0 fully saturated rings. The van der Waals surface area contributed by atoms with Crippen LogP contribution in [0.2, 0.25) is 0 Å². The van der Waals surface area contributed by atoms with Gasteiger partial charge in [0.2, 0.25) is 0 Å². The van der Waals surface area contributed by atoms with Gasteiger partial charge in [0.1, 0.15) is 11.2 Å². The number of anilines is 3. The van der Waals surface area contributed by atoms with E-state index in [0.29, 0.717) is 0 Å². The molecule has 3 heterocycles. The lowest BCUT2D eigenvalue weighted by Gasteiger charge is -2.29. The van der Waals surface area contributed by atoms with Gasteiger partial charge < -0.3 is 13.9 Å². The van der Waals surface area contributed by atoms with E-state index in [9.17, 15) is 0 Å². The maximum atomic E-state index is 6.60. The van der Waals surface area contributed by atoms with Crippen LogP contribution < -0.4 is 4.90 Å². The second-order valence-corrected chi connectivity index (χ2v) is 15.5. The Bertz CT molecular complexity index is 3460. The number of benzene rings is 9. The number of fused-ring (bicyclic) bond motifs is 10. The zero-order valence-electron chi connectivity index (χ0n) is 30.2. The third-order valence-electron chi connectivity index (χ3n) is 11.3. The second kappa shape index (κ2) is 12.2. The summed E-state index contributed by atoms with van der Waals surface area (Å²) in [6.45, 7) is 0. The molecule has 0 N–H and O–H groups in total. The Morgan fingerprint density at radius 3 is 1.89 bits per heavy atom. The zero-order chi connectivity index (χ0) is 36.7. The first-order valence-corrected chi connectivity index (χ1v) is 19.8.